The summed E-state index contributed by atoms with van der Waals surface area (Å²) in [6, 6.07) is -0.891. The maximum atomic E-state index is 12.2. The molecule has 0 aliphatic carbocycles. The summed E-state index contributed by atoms with van der Waals surface area (Å²) in [7, 11) is 0. The molecule has 2 atom stereocenters. The van der Waals surface area contributed by atoms with Gasteiger partial charge in [-0.05, 0) is 33.1 Å². The zero-order valence-electron chi connectivity index (χ0n) is 14.2. The molecule has 0 aromatic carbocycles. The van der Waals surface area contributed by atoms with Crippen LogP contribution in [0.25, 0.3) is 0 Å². The number of ether oxygens (including phenoxy) is 1. The van der Waals surface area contributed by atoms with Crippen LogP contribution in [0.2, 0.25) is 0 Å². The first-order chi connectivity index (χ1) is 9.58. The molecule has 0 saturated heterocycles. The van der Waals surface area contributed by atoms with E-state index in [9.17, 15) is 14.7 Å². The zero-order valence-corrected chi connectivity index (χ0v) is 14.2. The molecule has 1 amide bonds. The monoisotopic (exact) mass is 301 g/mol. The van der Waals surface area contributed by atoms with Crippen LogP contribution in [-0.4, -0.2) is 35.2 Å². The molecule has 0 aliphatic rings. The highest BCUT2D eigenvalue weighted by atomic mass is 16.5. The number of carbonyl (C=O) groups excluding carboxylic acids is 1. The molecule has 0 rings (SSSR count). The Hall–Kier alpha value is -1.10. The highest BCUT2D eigenvalue weighted by Gasteiger charge is 2.27. The fraction of sp³-hybridized carbons (Fsp3) is 0.875. The number of nitrogens with one attached hydrogen (secondary N) is 1. The van der Waals surface area contributed by atoms with E-state index in [1.807, 2.05) is 41.5 Å². The Morgan fingerprint density at radius 2 is 1.76 bits per heavy atom. The van der Waals surface area contributed by atoms with Crippen LogP contribution in [0.3, 0.4) is 0 Å². The molecule has 2 N–H and O–H groups in total. The minimum Gasteiger partial charge on any atom is -0.480 e. The standard InChI is InChI=1S/C16H31NO4/c1-7-8-12(11(2)3)14(18)17-13(15(19)20)9-10-21-16(4,5)6/h11-13H,7-10H2,1-6H3,(H,17,18)(H,19,20). The predicted octanol–water partition coefficient (Wildman–Crippen LogP) is 2.83. The van der Waals surface area contributed by atoms with Gasteiger partial charge in [-0.3, -0.25) is 4.79 Å². The summed E-state index contributed by atoms with van der Waals surface area (Å²) < 4.78 is 5.53. The molecule has 0 bridgehead atoms. The van der Waals surface area contributed by atoms with Crippen molar-refractivity contribution in [2.24, 2.45) is 11.8 Å². The first kappa shape index (κ1) is 19.9. The first-order valence-corrected chi connectivity index (χ1v) is 7.75. The number of hydrogen-bond acceptors (Lipinski definition) is 3. The number of carboxylic acids is 1. The number of carboxylic acid groups (broad SMARTS) is 1. The van der Waals surface area contributed by atoms with E-state index in [1.165, 1.54) is 0 Å². The van der Waals surface area contributed by atoms with E-state index in [0.717, 1.165) is 12.8 Å². The van der Waals surface area contributed by atoms with Crippen LogP contribution in [0.1, 0.15) is 60.8 Å². The van der Waals surface area contributed by atoms with E-state index in [1.54, 1.807) is 0 Å². The van der Waals surface area contributed by atoms with Crippen LogP contribution in [0, 0.1) is 11.8 Å². The Balaban J connectivity index is 4.55. The van der Waals surface area contributed by atoms with Gasteiger partial charge in [-0.2, -0.15) is 0 Å². The van der Waals surface area contributed by atoms with Gasteiger partial charge >= 0.3 is 5.97 Å². The summed E-state index contributed by atoms with van der Waals surface area (Å²) >= 11 is 0. The largest absolute Gasteiger partial charge is 0.480 e. The van der Waals surface area contributed by atoms with Crippen molar-refractivity contribution >= 4 is 11.9 Å². The van der Waals surface area contributed by atoms with Crippen LogP contribution < -0.4 is 5.32 Å². The van der Waals surface area contributed by atoms with Crippen molar-refractivity contribution in [2.75, 3.05) is 6.61 Å². The molecule has 21 heavy (non-hydrogen) atoms. The fourth-order valence-corrected chi connectivity index (χ4v) is 2.10. The molecule has 0 radical (unpaired) electrons. The molecule has 0 aromatic heterocycles. The third-order valence-electron chi connectivity index (χ3n) is 3.30. The molecule has 2 unspecified atom stereocenters. The lowest BCUT2D eigenvalue weighted by molar-refractivity contribution is -0.143. The van der Waals surface area contributed by atoms with Crippen LogP contribution >= 0.6 is 0 Å². The third kappa shape index (κ3) is 8.71. The van der Waals surface area contributed by atoms with E-state index in [0.29, 0.717) is 6.61 Å². The Morgan fingerprint density at radius 3 is 2.14 bits per heavy atom. The quantitative estimate of drug-likeness (QED) is 0.686. The lowest BCUT2D eigenvalue weighted by Gasteiger charge is -2.24. The predicted molar refractivity (Wildman–Crippen MR) is 83.1 cm³/mol. The zero-order chi connectivity index (χ0) is 16.6. The van der Waals surface area contributed by atoms with E-state index < -0.39 is 12.0 Å². The summed E-state index contributed by atoms with van der Waals surface area (Å²) in [5.41, 5.74) is -0.310. The highest BCUT2D eigenvalue weighted by Crippen LogP contribution is 2.18. The van der Waals surface area contributed by atoms with Crippen molar-refractivity contribution in [1.82, 2.24) is 5.32 Å². The van der Waals surface area contributed by atoms with Gasteiger partial charge in [-0.25, -0.2) is 4.79 Å². The molecule has 0 heterocycles. The second-order valence-electron chi connectivity index (χ2n) is 6.79. The van der Waals surface area contributed by atoms with Gasteiger partial charge in [-0.1, -0.05) is 27.2 Å². The number of hydrogen-bond donors (Lipinski definition) is 2. The van der Waals surface area contributed by atoms with Crippen molar-refractivity contribution in [3.05, 3.63) is 0 Å². The SMILES string of the molecule is CCCC(C(=O)NC(CCOC(C)(C)C)C(=O)O)C(C)C. The van der Waals surface area contributed by atoms with Gasteiger partial charge in [-0.15, -0.1) is 0 Å². The van der Waals surface area contributed by atoms with Gasteiger partial charge in [0.1, 0.15) is 6.04 Å². The summed E-state index contributed by atoms with van der Waals surface area (Å²) in [6.45, 7) is 12.0. The highest BCUT2D eigenvalue weighted by molar-refractivity contribution is 5.85. The maximum absolute atomic E-state index is 12.2. The number of amides is 1. The average molecular weight is 301 g/mol. The van der Waals surface area contributed by atoms with Crippen molar-refractivity contribution in [3.8, 4) is 0 Å². The minimum absolute atomic E-state index is 0.139. The van der Waals surface area contributed by atoms with Crippen LogP contribution in [0.5, 0.6) is 0 Å². The van der Waals surface area contributed by atoms with Crippen molar-refractivity contribution in [3.63, 3.8) is 0 Å². The normalized spacial score (nSPS) is 14.8. The Bertz CT molecular complexity index is 334. The Labute approximate surface area is 128 Å². The Kier molecular flexibility index (Phi) is 8.55. The van der Waals surface area contributed by atoms with Gasteiger partial charge in [0, 0.05) is 18.9 Å². The van der Waals surface area contributed by atoms with E-state index >= 15 is 0 Å². The second kappa shape index (κ2) is 9.03. The summed E-state index contributed by atoms with van der Waals surface area (Å²) in [4.78, 5) is 23.5. The van der Waals surface area contributed by atoms with Crippen LogP contribution in [0.4, 0.5) is 0 Å². The molecule has 0 spiro atoms. The lowest BCUT2D eigenvalue weighted by Crippen LogP contribution is -2.45. The third-order valence-corrected chi connectivity index (χ3v) is 3.30. The van der Waals surface area contributed by atoms with Gasteiger partial charge in [0.25, 0.3) is 0 Å². The molecule has 5 heteroatoms. The van der Waals surface area contributed by atoms with Crippen LogP contribution in [-0.2, 0) is 14.3 Å². The maximum Gasteiger partial charge on any atom is 0.326 e. The molecule has 0 saturated carbocycles. The molecule has 124 valence electrons. The van der Waals surface area contributed by atoms with Crippen molar-refractivity contribution < 1.29 is 19.4 Å². The number of aliphatic carboxylic acids is 1. The molecule has 0 fully saturated rings. The number of rotatable bonds is 9. The molecular weight excluding hydrogens is 270 g/mol. The lowest BCUT2D eigenvalue weighted by atomic mass is 9.90. The number of carbonyl (C=O) groups is 2. The fourth-order valence-electron chi connectivity index (χ4n) is 2.10. The molecular formula is C16H31NO4. The Morgan fingerprint density at radius 1 is 1.19 bits per heavy atom. The molecule has 5 nitrogen and oxygen atoms in total. The summed E-state index contributed by atoms with van der Waals surface area (Å²) in [5, 5.41) is 11.9. The summed E-state index contributed by atoms with van der Waals surface area (Å²) in [5.74, 6) is -1.12. The first-order valence-electron chi connectivity index (χ1n) is 7.75. The van der Waals surface area contributed by atoms with Crippen molar-refractivity contribution in [1.29, 1.82) is 0 Å². The summed E-state index contributed by atoms with van der Waals surface area (Å²) in [6.07, 6.45) is 1.95. The van der Waals surface area contributed by atoms with Gasteiger partial charge < -0.3 is 15.2 Å². The topological polar surface area (TPSA) is 75.6 Å². The smallest absolute Gasteiger partial charge is 0.326 e. The second-order valence-corrected chi connectivity index (χ2v) is 6.79. The van der Waals surface area contributed by atoms with Crippen LogP contribution in [0.15, 0.2) is 0 Å². The van der Waals surface area contributed by atoms with Gasteiger partial charge in [0.2, 0.25) is 5.91 Å². The molecule has 0 aromatic rings. The molecule has 0 aliphatic heterocycles. The van der Waals surface area contributed by atoms with E-state index in [4.69, 9.17) is 4.74 Å². The van der Waals surface area contributed by atoms with Gasteiger partial charge in [0.15, 0.2) is 0 Å². The van der Waals surface area contributed by atoms with Crippen molar-refractivity contribution in [2.45, 2.75) is 72.4 Å². The van der Waals surface area contributed by atoms with E-state index in [2.05, 4.69) is 5.32 Å². The average Bonchev–Trinajstić information content (AvgIpc) is 2.32. The minimum atomic E-state index is -1.01. The van der Waals surface area contributed by atoms with E-state index in [-0.39, 0.29) is 29.8 Å². The van der Waals surface area contributed by atoms with Gasteiger partial charge in [0.05, 0.1) is 5.60 Å².